The zero-order chi connectivity index (χ0) is 19.1. The second kappa shape index (κ2) is 9.77. The molecule has 1 fully saturated rings. The molecule has 0 bridgehead atoms. The highest BCUT2D eigenvalue weighted by Crippen LogP contribution is 2.29. The first-order chi connectivity index (χ1) is 13.2. The highest BCUT2D eigenvalue weighted by atomic mass is 16.2. The molecule has 0 spiro atoms. The first kappa shape index (κ1) is 19.7. The lowest BCUT2D eigenvalue weighted by Gasteiger charge is -2.29. The third-order valence-corrected chi connectivity index (χ3v) is 6.14. The van der Waals surface area contributed by atoms with Gasteiger partial charge in [-0.2, -0.15) is 0 Å². The van der Waals surface area contributed by atoms with Gasteiger partial charge in [0.1, 0.15) is 0 Å². The Kier molecular flexibility index (Phi) is 7.14. The number of benzene rings is 1. The Hall–Kier alpha value is -2.03. The first-order valence-corrected chi connectivity index (χ1v) is 10.6. The van der Waals surface area contributed by atoms with Crippen LogP contribution in [0.1, 0.15) is 70.1 Å². The predicted molar refractivity (Wildman–Crippen MR) is 111 cm³/mol. The van der Waals surface area contributed by atoms with E-state index in [0.717, 1.165) is 25.3 Å². The number of carbonyl (C=O) groups excluding carboxylic acids is 1. The summed E-state index contributed by atoms with van der Waals surface area (Å²) in [5.41, 5.74) is 2.51. The Morgan fingerprint density at radius 1 is 1.15 bits per heavy atom. The zero-order valence-corrected chi connectivity index (χ0v) is 16.9. The molecule has 1 aliphatic rings. The first-order valence-electron chi connectivity index (χ1n) is 10.6. The lowest BCUT2D eigenvalue weighted by molar-refractivity contribution is -0.134. The molecule has 0 aliphatic heterocycles. The van der Waals surface area contributed by atoms with Gasteiger partial charge in [-0.3, -0.25) is 4.79 Å². The number of rotatable bonds is 9. The van der Waals surface area contributed by atoms with E-state index in [1.807, 2.05) is 6.07 Å². The SMILES string of the molecule is CCC(C)N(Cc1cccn1Cc1ccccc1)C(=O)CCC1CCCC1. The van der Waals surface area contributed by atoms with Crippen molar-refractivity contribution >= 4 is 5.91 Å². The lowest BCUT2D eigenvalue weighted by atomic mass is 10.0. The Bertz CT molecular complexity index is 700. The summed E-state index contributed by atoms with van der Waals surface area (Å²) in [5.74, 6) is 1.10. The maximum Gasteiger partial charge on any atom is 0.223 e. The summed E-state index contributed by atoms with van der Waals surface area (Å²) in [6.07, 6.45) is 10.2. The van der Waals surface area contributed by atoms with Crippen LogP contribution in [0.3, 0.4) is 0 Å². The molecule has 1 amide bonds. The van der Waals surface area contributed by atoms with Crippen LogP contribution in [0.5, 0.6) is 0 Å². The normalized spacial score (nSPS) is 15.8. The van der Waals surface area contributed by atoms with Crippen LogP contribution in [0, 0.1) is 5.92 Å². The molecule has 1 aromatic carbocycles. The average Bonchev–Trinajstić information content (AvgIpc) is 3.36. The largest absolute Gasteiger partial charge is 0.345 e. The summed E-state index contributed by atoms with van der Waals surface area (Å²) >= 11 is 0. The summed E-state index contributed by atoms with van der Waals surface area (Å²) in [4.78, 5) is 15.1. The van der Waals surface area contributed by atoms with E-state index in [1.54, 1.807) is 0 Å². The van der Waals surface area contributed by atoms with Crippen molar-refractivity contribution in [2.75, 3.05) is 0 Å². The second-order valence-electron chi connectivity index (χ2n) is 8.08. The highest BCUT2D eigenvalue weighted by molar-refractivity contribution is 5.76. The van der Waals surface area contributed by atoms with Crippen LogP contribution in [0.15, 0.2) is 48.7 Å². The molecule has 2 aromatic rings. The molecule has 1 saturated carbocycles. The third kappa shape index (κ3) is 5.47. The number of amides is 1. The van der Waals surface area contributed by atoms with E-state index in [9.17, 15) is 4.79 Å². The van der Waals surface area contributed by atoms with Gasteiger partial charge in [-0.15, -0.1) is 0 Å². The Morgan fingerprint density at radius 3 is 2.59 bits per heavy atom. The molecule has 3 heteroatoms. The molecule has 0 N–H and O–H groups in total. The molecule has 27 heavy (non-hydrogen) atoms. The maximum absolute atomic E-state index is 13.0. The molecule has 3 rings (SSSR count). The number of nitrogens with zero attached hydrogens (tertiary/aromatic N) is 2. The maximum atomic E-state index is 13.0. The molecular weight excluding hydrogens is 332 g/mol. The van der Waals surface area contributed by atoms with E-state index in [0.29, 0.717) is 18.9 Å². The topological polar surface area (TPSA) is 25.2 Å². The lowest BCUT2D eigenvalue weighted by Crippen LogP contribution is -2.38. The fourth-order valence-corrected chi connectivity index (χ4v) is 4.18. The van der Waals surface area contributed by atoms with Gasteiger partial charge in [0.15, 0.2) is 0 Å². The smallest absolute Gasteiger partial charge is 0.223 e. The Morgan fingerprint density at radius 2 is 1.89 bits per heavy atom. The van der Waals surface area contributed by atoms with Gasteiger partial charge in [0.2, 0.25) is 5.91 Å². The highest BCUT2D eigenvalue weighted by Gasteiger charge is 2.23. The Balaban J connectivity index is 1.65. The quantitative estimate of drug-likeness (QED) is 0.564. The molecule has 3 nitrogen and oxygen atoms in total. The van der Waals surface area contributed by atoms with E-state index < -0.39 is 0 Å². The van der Waals surface area contributed by atoms with Gasteiger partial charge in [-0.05, 0) is 43.4 Å². The summed E-state index contributed by atoms with van der Waals surface area (Å²) in [5, 5.41) is 0. The zero-order valence-electron chi connectivity index (χ0n) is 16.9. The van der Waals surface area contributed by atoms with Crippen LogP contribution in [-0.4, -0.2) is 21.4 Å². The van der Waals surface area contributed by atoms with Crippen LogP contribution in [0.4, 0.5) is 0 Å². The van der Waals surface area contributed by atoms with Crippen molar-refractivity contribution in [3.05, 3.63) is 59.9 Å². The molecule has 146 valence electrons. The van der Waals surface area contributed by atoms with E-state index in [4.69, 9.17) is 0 Å². The van der Waals surface area contributed by atoms with Crippen LogP contribution < -0.4 is 0 Å². The van der Waals surface area contributed by atoms with Gasteiger partial charge in [0, 0.05) is 30.9 Å². The minimum atomic E-state index is 0.279. The van der Waals surface area contributed by atoms with Crippen LogP contribution >= 0.6 is 0 Å². The Labute approximate surface area is 164 Å². The van der Waals surface area contributed by atoms with Crippen LogP contribution in [0.2, 0.25) is 0 Å². The minimum absolute atomic E-state index is 0.279. The number of carbonyl (C=O) groups is 1. The predicted octanol–water partition coefficient (Wildman–Crippen LogP) is 5.63. The fraction of sp³-hybridized carbons (Fsp3) is 0.542. The third-order valence-electron chi connectivity index (χ3n) is 6.14. The van der Waals surface area contributed by atoms with Crippen molar-refractivity contribution in [2.45, 2.75) is 77.9 Å². The van der Waals surface area contributed by atoms with Gasteiger partial charge in [-0.25, -0.2) is 0 Å². The van der Waals surface area contributed by atoms with Crippen molar-refractivity contribution in [1.82, 2.24) is 9.47 Å². The van der Waals surface area contributed by atoms with E-state index in [2.05, 4.69) is 65.9 Å². The molecule has 1 aliphatic carbocycles. The summed E-state index contributed by atoms with van der Waals surface area (Å²) < 4.78 is 2.27. The number of hydrogen-bond acceptors (Lipinski definition) is 1. The molecule has 0 radical (unpaired) electrons. The summed E-state index contributed by atoms with van der Waals surface area (Å²) in [6.45, 7) is 5.91. The van der Waals surface area contributed by atoms with Crippen molar-refractivity contribution in [3.63, 3.8) is 0 Å². The molecule has 1 unspecified atom stereocenters. The molecular formula is C24H34N2O. The molecule has 1 atom stereocenters. The van der Waals surface area contributed by atoms with Gasteiger partial charge in [-0.1, -0.05) is 62.9 Å². The molecule has 1 aromatic heterocycles. The van der Waals surface area contributed by atoms with Crippen molar-refractivity contribution < 1.29 is 4.79 Å². The van der Waals surface area contributed by atoms with Crippen LogP contribution in [-0.2, 0) is 17.9 Å². The van der Waals surface area contributed by atoms with Crippen molar-refractivity contribution in [3.8, 4) is 0 Å². The number of aromatic nitrogens is 1. The molecule has 0 saturated heterocycles. The second-order valence-corrected chi connectivity index (χ2v) is 8.08. The van der Waals surface area contributed by atoms with Gasteiger partial charge >= 0.3 is 0 Å². The molecule has 1 heterocycles. The fourth-order valence-electron chi connectivity index (χ4n) is 4.18. The number of hydrogen-bond donors (Lipinski definition) is 0. The van der Waals surface area contributed by atoms with E-state index in [1.165, 1.54) is 36.9 Å². The van der Waals surface area contributed by atoms with Gasteiger partial charge in [0.05, 0.1) is 6.54 Å². The standard InChI is InChI=1S/C24H34N2O/c1-3-20(2)26(24(27)16-15-21-10-7-8-11-21)19-23-14-9-17-25(23)18-22-12-5-4-6-13-22/h4-6,9,12-14,17,20-21H,3,7-8,10-11,15-16,18-19H2,1-2H3. The van der Waals surface area contributed by atoms with Gasteiger partial charge < -0.3 is 9.47 Å². The van der Waals surface area contributed by atoms with E-state index >= 15 is 0 Å². The summed E-state index contributed by atoms with van der Waals surface area (Å²) in [6, 6.07) is 15.0. The van der Waals surface area contributed by atoms with Crippen LogP contribution in [0.25, 0.3) is 0 Å². The van der Waals surface area contributed by atoms with Crippen molar-refractivity contribution in [1.29, 1.82) is 0 Å². The average molecular weight is 367 g/mol. The van der Waals surface area contributed by atoms with Crippen molar-refractivity contribution in [2.24, 2.45) is 5.92 Å². The monoisotopic (exact) mass is 366 g/mol. The van der Waals surface area contributed by atoms with E-state index in [-0.39, 0.29) is 6.04 Å². The summed E-state index contributed by atoms with van der Waals surface area (Å²) in [7, 11) is 0. The van der Waals surface area contributed by atoms with Gasteiger partial charge in [0.25, 0.3) is 0 Å². The minimum Gasteiger partial charge on any atom is -0.345 e.